The van der Waals surface area contributed by atoms with Crippen molar-refractivity contribution in [2.24, 2.45) is 0 Å². The molecule has 2 unspecified atom stereocenters. The van der Waals surface area contributed by atoms with Crippen LogP contribution in [0.2, 0.25) is 15.1 Å². The molecule has 0 saturated carbocycles. The topological polar surface area (TPSA) is 99.5 Å². The molecule has 2 N–H and O–H groups in total. The van der Waals surface area contributed by atoms with E-state index in [4.69, 9.17) is 73.4 Å². The zero-order valence-electron chi connectivity index (χ0n) is 21.3. The zero-order valence-corrected chi connectivity index (χ0v) is 25.2. The highest BCUT2D eigenvalue weighted by Gasteiger charge is 2.29. The van der Waals surface area contributed by atoms with Gasteiger partial charge in [0.1, 0.15) is 17.4 Å². The first-order chi connectivity index (χ1) is 18.9. The standard InChI is InChI=1S/C27H26Cl4N2O2.H2O4S/c1-34-24-10-2-19(3-11-24)12-13-32-14-15-33(18-32)27(31)26(20-4-7-22(28)8-5-20)35-17-21-6-9-23(29)16-25(21)30;1-5(2,3)4/h2-11,14-16,26-27H,12-13,17-18H2,1H3;(H2,1,2,3,4). The number of ether oxygens (including phenoxy) is 2. The molecule has 4 rings (SSSR count). The van der Waals surface area contributed by atoms with Crippen LogP contribution in [-0.4, -0.2) is 53.1 Å². The molecule has 0 bridgehead atoms. The first-order valence-corrected chi connectivity index (χ1v) is 14.9. The minimum absolute atomic E-state index is 0.297. The Kier molecular flexibility index (Phi) is 12.2. The fraction of sp³-hybridized carbons (Fsp3) is 0.259. The summed E-state index contributed by atoms with van der Waals surface area (Å²) in [7, 11) is -2.99. The summed E-state index contributed by atoms with van der Waals surface area (Å²) in [6, 6.07) is 21.1. The Morgan fingerprint density at radius 1 is 0.925 bits per heavy atom. The van der Waals surface area contributed by atoms with Gasteiger partial charge in [0.15, 0.2) is 0 Å². The molecule has 1 heterocycles. The molecule has 8 nitrogen and oxygen atoms in total. The van der Waals surface area contributed by atoms with Crippen molar-refractivity contribution in [3.8, 4) is 5.75 Å². The van der Waals surface area contributed by atoms with Crippen LogP contribution < -0.4 is 4.74 Å². The van der Waals surface area contributed by atoms with Crippen LogP contribution in [-0.2, 0) is 28.2 Å². The van der Waals surface area contributed by atoms with E-state index in [1.54, 1.807) is 19.2 Å². The van der Waals surface area contributed by atoms with Gasteiger partial charge in [-0.2, -0.15) is 8.42 Å². The van der Waals surface area contributed by atoms with E-state index in [1.165, 1.54) is 5.56 Å². The van der Waals surface area contributed by atoms with Gasteiger partial charge in [0.25, 0.3) is 0 Å². The smallest absolute Gasteiger partial charge is 0.394 e. The highest BCUT2D eigenvalue weighted by atomic mass is 35.5. The van der Waals surface area contributed by atoms with Gasteiger partial charge in [0.05, 0.1) is 20.4 Å². The van der Waals surface area contributed by atoms with Crippen LogP contribution in [0.4, 0.5) is 0 Å². The minimum Gasteiger partial charge on any atom is -0.497 e. The van der Waals surface area contributed by atoms with Crippen molar-refractivity contribution in [2.45, 2.75) is 24.6 Å². The summed E-state index contributed by atoms with van der Waals surface area (Å²) < 4.78 is 43.1. The maximum atomic E-state index is 8.74. The predicted molar refractivity (Wildman–Crippen MR) is 159 cm³/mol. The summed E-state index contributed by atoms with van der Waals surface area (Å²) in [6.07, 6.45) is 4.58. The summed E-state index contributed by atoms with van der Waals surface area (Å²) in [5.74, 6) is 0.860. The molecule has 0 radical (unpaired) electrons. The van der Waals surface area contributed by atoms with Crippen molar-refractivity contribution < 1.29 is 27.0 Å². The van der Waals surface area contributed by atoms with Crippen LogP contribution in [0.1, 0.15) is 22.8 Å². The Balaban J connectivity index is 0.000000810. The lowest BCUT2D eigenvalue weighted by Crippen LogP contribution is -2.36. The molecule has 2 atom stereocenters. The van der Waals surface area contributed by atoms with Gasteiger partial charge in [0.2, 0.25) is 0 Å². The Morgan fingerprint density at radius 2 is 1.55 bits per heavy atom. The molecule has 0 aliphatic carbocycles. The number of hydrogen-bond donors (Lipinski definition) is 2. The van der Waals surface area contributed by atoms with Crippen LogP contribution >= 0.6 is 46.4 Å². The van der Waals surface area contributed by atoms with Gasteiger partial charge in [-0.3, -0.25) is 9.11 Å². The lowest BCUT2D eigenvalue weighted by Gasteiger charge is -2.31. The molecule has 3 aromatic rings. The van der Waals surface area contributed by atoms with Gasteiger partial charge in [-0.25, -0.2) is 0 Å². The van der Waals surface area contributed by atoms with Gasteiger partial charge in [0, 0.05) is 34.0 Å². The second-order valence-electron chi connectivity index (χ2n) is 8.70. The molecular formula is C27H28Cl4N2O6S. The third-order valence-electron chi connectivity index (χ3n) is 5.86. The second kappa shape index (κ2) is 15.1. The van der Waals surface area contributed by atoms with Gasteiger partial charge in [-0.1, -0.05) is 76.7 Å². The summed E-state index contributed by atoms with van der Waals surface area (Å²) >= 11 is 25.5. The molecule has 1 aliphatic rings. The van der Waals surface area contributed by atoms with Crippen LogP contribution in [0.5, 0.6) is 5.75 Å². The Morgan fingerprint density at radius 3 is 2.15 bits per heavy atom. The number of methoxy groups -OCH3 is 1. The molecular weight excluding hydrogens is 622 g/mol. The van der Waals surface area contributed by atoms with Crippen molar-refractivity contribution in [2.75, 3.05) is 20.3 Å². The Labute approximate surface area is 254 Å². The van der Waals surface area contributed by atoms with Crippen LogP contribution in [0.3, 0.4) is 0 Å². The minimum atomic E-state index is -4.67. The highest BCUT2D eigenvalue weighted by Crippen LogP contribution is 2.33. The molecule has 13 heteroatoms. The van der Waals surface area contributed by atoms with Gasteiger partial charge in [-0.05, 0) is 59.5 Å². The first-order valence-electron chi connectivity index (χ1n) is 11.9. The average molecular weight is 650 g/mol. The monoisotopic (exact) mass is 648 g/mol. The SMILES string of the molecule is COc1ccc(CCN2C=CN(C(Cl)C(OCc3ccc(Cl)cc3Cl)c3ccc(Cl)cc3)C2)cc1.O=S(=O)(O)O. The fourth-order valence-corrected chi connectivity index (χ4v) is 4.77. The lowest BCUT2D eigenvalue weighted by atomic mass is 10.1. The van der Waals surface area contributed by atoms with Crippen molar-refractivity contribution in [3.05, 3.63) is 111 Å². The maximum Gasteiger partial charge on any atom is 0.394 e. The molecule has 0 amide bonds. The zero-order chi connectivity index (χ0) is 29.3. The lowest BCUT2D eigenvalue weighted by molar-refractivity contribution is 0.00688. The molecule has 40 heavy (non-hydrogen) atoms. The Bertz CT molecular complexity index is 1370. The van der Waals surface area contributed by atoms with E-state index < -0.39 is 22.0 Å². The number of nitrogens with zero attached hydrogens (tertiary/aromatic N) is 2. The van der Waals surface area contributed by atoms with Crippen molar-refractivity contribution in [1.82, 2.24) is 9.80 Å². The number of benzene rings is 3. The van der Waals surface area contributed by atoms with Gasteiger partial charge >= 0.3 is 10.4 Å². The third kappa shape index (κ3) is 10.6. The van der Waals surface area contributed by atoms with Crippen molar-refractivity contribution in [3.63, 3.8) is 0 Å². The number of halogens is 4. The van der Waals surface area contributed by atoms with E-state index in [2.05, 4.69) is 28.1 Å². The Hall–Kier alpha value is -2.21. The van der Waals surface area contributed by atoms with E-state index in [9.17, 15) is 0 Å². The van der Waals surface area contributed by atoms with E-state index in [1.807, 2.05) is 48.7 Å². The van der Waals surface area contributed by atoms with Crippen molar-refractivity contribution in [1.29, 1.82) is 0 Å². The number of hydrogen-bond acceptors (Lipinski definition) is 6. The number of alkyl halides is 1. The normalized spacial score (nSPS) is 14.5. The third-order valence-corrected chi connectivity index (χ3v) is 7.18. The van der Waals surface area contributed by atoms with Crippen LogP contribution in [0.25, 0.3) is 0 Å². The predicted octanol–water partition coefficient (Wildman–Crippen LogP) is 7.11. The molecule has 0 aromatic heterocycles. The molecule has 0 fully saturated rings. The molecule has 216 valence electrons. The van der Waals surface area contributed by atoms with E-state index in [-0.39, 0.29) is 0 Å². The summed E-state index contributed by atoms with van der Waals surface area (Å²) in [6.45, 7) is 1.83. The number of rotatable bonds is 10. The largest absolute Gasteiger partial charge is 0.497 e. The van der Waals surface area contributed by atoms with E-state index in [0.717, 1.165) is 29.8 Å². The average Bonchev–Trinajstić information content (AvgIpc) is 3.38. The molecule has 0 spiro atoms. The van der Waals surface area contributed by atoms with Crippen LogP contribution in [0, 0.1) is 0 Å². The summed E-state index contributed by atoms with van der Waals surface area (Å²) in [4.78, 5) is 4.30. The molecule has 0 saturated heterocycles. The molecule has 1 aliphatic heterocycles. The molecule has 3 aromatic carbocycles. The van der Waals surface area contributed by atoms with E-state index >= 15 is 0 Å². The summed E-state index contributed by atoms with van der Waals surface area (Å²) in [5, 5.41) is 1.80. The second-order valence-corrected chi connectivity index (χ2v) is 11.3. The van der Waals surface area contributed by atoms with Gasteiger partial charge < -0.3 is 19.3 Å². The first kappa shape index (κ1) is 32.3. The quantitative estimate of drug-likeness (QED) is 0.136. The fourth-order valence-electron chi connectivity index (χ4n) is 3.83. The summed E-state index contributed by atoms with van der Waals surface area (Å²) in [5.41, 5.74) is 2.59. The van der Waals surface area contributed by atoms with Crippen molar-refractivity contribution >= 4 is 56.8 Å². The highest BCUT2D eigenvalue weighted by molar-refractivity contribution is 7.79. The maximum absolute atomic E-state index is 8.74. The van der Waals surface area contributed by atoms with Crippen LogP contribution in [0.15, 0.2) is 79.1 Å². The van der Waals surface area contributed by atoms with E-state index in [0.29, 0.717) is 28.3 Å². The van der Waals surface area contributed by atoms with Gasteiger partial charge in [-0.15, -0.1) is 0 Å².